The molecule has 0 aromatic carbocycles. The van der Waals surface area contributed by atoms with Crippen molar-refractivity contribution in [1.29, 1.82) is 0 Å². The van der Waals surface area contributed by atoms with Crippen molar-refractivity contribution in [2.75, 3.05) is 6.54 Å². The Morgan fingerprint density at radius 2 is 2.32 bits per heavy atom. The van der Waals surface area contributed by atoms with Crippen LogP contribution in [0.4, 0.5) is 0 Å². The Morgan fingerprint density at radius 3 is 3.11 bits per heavy atom. The lowest BCUT2D eigenvalue weighted by Gasteiger charge is -2.24. The van der Waals surface area contributed by atoms with Crippen LogP contribution in [0.15, 0.2) is 18.7 Å². The zero-order valence-corrected chi connectivity index (χ0v) is 11.2. The number of nitrogens with one attached hydrogen (secondary N) is 2. The second-order valence-corrected chi connectivity index (χ2v) is 5.70. The van der Waals surface area contributed by atoms with Crippen molar-refractivity contribution >= 4 is 5.91 Å². The van der Waals surface area contributed by atoms with Crippen molar-refractivity contribution in [3.8, 4) is 0 Å². The molecule has 2 fully saturated rings. The van der Waals surface area contributed by atoms with Crippen molar-refractivity contribution in [2.45, 2.75) is 50.7 Å². The van der Waals surface area contributed by atoms with Gasteiger partial charge in [0, 0.05) is 31.5 Å². The summed E-state index contributed by atoms with van der Waals surface area (Å²) in [6.45, 7) is 1.45. The number of amides is 1. The molecule has 0 spiro atoms. The van der Waals surface area contributed by atoms with Crippen molar-refractivity contribution < 1.29 is 4.79 Å². The smallest absolute Gasteiger partial charge is 0.237 e. The van der Waals surface area contributed by atoms with Crippen LogP contribution in [0, 0.1) is 5.92 Å². The second kappa shape index (κ2) is 5.74. The normalized spacial score (nSPS) is 30.0. The van der Waals surface area contributed by atoms with E-state index in [1.54, 1.807) is 12.5 Å². The summed E-state index contributed by atoms with van der Waals surface area (Å²) < 4.78 is 1.97. The van der Waals surface area contributed by atoms with Gasteiger partial charge in [0.25, 0.3) is 0 Å². The number of rotatable bonds is 4. The lowest BCUT2D eigenvalue weighted by molar-refractivity contribution is -0.122. The number of aromatic nitrogens is 2. The SMILES string of the molecule is O=C(NCCn1ccnc1)C1CC2CCCCC2N1. The zero-order chi connectivity index (χ0) is 13.1. The van der Waals surface area contributed by atoms with Gasteiger partial charge in [-0.1, -0.05) is 12.8 Å². The maximum Gasteiger partial charge on any atom is 0.237 e. The molecule has 3 unspecified atom stereocenters. The van der Waals surface area contributed by atoms with Gasteiger partial charge in [0.1, 0.15) is 0 Å². The van der Waals surface area contributed by atoms with Crippen LogP contribution in [0.5, 0.6) is 0 Å². The molecule has 3 rings (SSSR count). The monoisotopic (exact) mass is 262 g/mol. The minimum absolute atomic E-state index is 0.0240. The van der Waals surface area contributed by atoms with Gasteiger partial charge in [0.15, 0.2) is 0 Å². The molecule has 1 aromatic heterocycles. The minimum Gasteiger partial charge on any atom is -0.353 e. The van der Waals surface area contributed by atoms with E-state index in [9.17, 15) is 4.79 Å². The fraction of sp³-hybridized carbons (Fsp3) is 0.714. The average molecular weight is 262 g/mol. The Labute approximate surface area is 113 Å². The third kappa shape index (κ3) is 2.97. The van der Waals surface area contributed by atoms with E-state index in [0.29, 0.717) is 12.6 Å². The first kappa shape index (κ1) is 12.7. The maximum atomic E-state index is 12.1. The number of carbonyl (C=O) groups excluding carboxylic acids is 1. The topological polar surface area (TPSA) is 59.0 Å². The van der Waals surface area contributed by atoms with Crippen LogP contribution < -0.4 is 10.6 Å². The third-order valence-corrected chi connectivity index (χ3v) is 4.41. The molecule has 1 aliphatic carbocycles. The molecule has 1 saturated heterocycles. The molecular formula is C14H22N4O. The molecule has 1 saturated carbocycles. The highest BCUT2D eigenvalue weighted by atomic mass is 16.2. The molecule has 1 aromatic rings. The van der Waals surface area contributed by atoms with E-state index in [4.69, 9.17) is 0 Å². The predicted molar refractivity (Wildman–Crippen MR) is 72.5 cm³/mol. The lowest BCUT2D eigenvalue weighted by atomic mass is 9.85. The molecule has 104 valence electrons. The number of hydrogen-bond donors (Lipinski definition) is 2. The summed E-state index contributed by atoms with van der Waals surface area (Å²) in [7, 11) is 0. The van der Waals surface area contributed by atoms with E-state index in [1.165, 1.54) is 25.7 Å². The first-order valence-corrected chi connectivity index (χ1v) is 7.32. The van der Waals surface area contributed by atoms with Gasteiger partial charge in [0.2, 0.25) is 5.91 Å². The minimum atomic E-state index is 0.0240. The van der Waals surface area contributed by atoms with E-state index in [-0.39, 0.29) is 11.9 Å². The molecule has 2 N–H and O–H groups in total. The Balaban J connectivity index is 1.43. The van der Waals surface area contributed by atoms with Crippen molar-refractivity contribution in [2.24, 2.45) is 5.92 Å². The summed E-state index contributed by atoms with van der Waals surface area (Å²) >= 11 is 0. The molecule has 5 nitrogen and oxygen atoms in total. The second-order valence-electron chi connectivity index (χ2n) is 5.70. The number of carbonyl (C=O) groups is 1. The highest BCUT2D eigenvalue weighted by Gasteiger charge is 2.37. The molecule has 3 atom stereocenters. The van der Waals surface area contributed by atoms with Gasteiger partial charge < -0.3 is 15.2 Å². The van der Waals surface area contributed by atoms with Crippen LogP contribution in [-0.2, 0) is 11.3 Å². The summed E-state index contributed by atoms with van der Waals surface area (Å²) in [6.07, 6.45) is 11.6. The zero-order valence-electron chi connectivity index (χ0n) is 11.2. The average Bonchev–Trinajstić information content (AvgIpc) is 3.07. The highest BCUT2D eigenvalue weighted by Crippen LogP contribution is 2.33. The van der Waals surface area contributed by atoms with Crippen LogP contribution >= 0.6 is 0 Å². The van der Waals surface area contributed by atoms with Gasteiger partial charge in [-0.2, -0.15) is 0 Å². The lowest BCUT2D eigenvalue weighted by Crippen LogP contribution is -2.43. The Hall–Kier alpha value is -1.36. The van der Waals surface area contributed by atoms with E-state index in [2.05, 4.69) is 15.6 Å². The fourth-order valence-electron chi connectivity index (χ4n) is 3.37. The first-order chi connectivity index (χ1) is 9.33. The van der Waals surface area contributed by atoms with Crippen molar-refractivity contribution in [1.82, 2.24) is 20.2 Å². The molecule has 5 heteroatoms. The Kier molecular flexibility index (Phi) is 3.82. The molecule has 19 heavy (non-hydrogen) atoms. The van der Waals surface area contributed by atoms with Crippen LogP contribution in [-0.4, -0.2) is 34.1 Å². The van der Waals surface area contributed by atoms with Gasteiger partial charge in [-0.3, -0.25) is 4.79 Å². The maximum absolute atomic E-state index is 12.1. The number of hydrogen-bond acceptors (Lipinski definition) is 3. The number of imidazole rings is 1. The number of fused-ring (bicyclic) bond motifs is 1. The van der Waals surface area contributed by atoms with E-state index < -0.39 is 0 Å². The van der Waals surface area contributed by atoms with Crippen molar-refractivity contribution in [3.63, 3.8) is 0 Å². The standard InChI is InChI=1S/C14H22N4O/c19-14(16-6-8-18-7-5-15-10-18)13-9-11-3-1-2-4-12(11)17-13/h5,7,10-13,17H,1-4,6,8-9H2,(H,16,19). The molecule has 1 aliphatic heterocycles. The molecule has 0 bridgehead atoms. The van der Waals surface area contributed by atoms with Crippen LogP contribution in [0.2, 0.25) is 0 Å². The quantitative estimate of drug-likeness (QED) is 0.848. The Morgan fingerprint density at radius 1 is 1.42 bits per heavy atom. The number of nitrogens with zero attached hydrogens (tertiary/aromatic N) is 2. The molecule has 1 amide bonds. The van der Waals surface area contributed by atoms with Crippen LogP contribution in [0.25, 0.3) is 0 Å². The van der Waals surface area contributed by atoms with E-state index >= 15 is 0 Å². The predicted octanol–water partition coefficient (Wildman–Crippen LogP) is 0.920. The van der Waals surface area contributed by atoms with Gasteiger partial charge in [-0.15, -0.1) is 0 Å². The molecular weight excluding hydrogens is 240 g/mol. The van der Waals surface area contributed by atoms with Crippen molar-refractivity contribution in [3.05, 3.63) is 18.7 Å². The largest absolute Gasteiger partial charge is 0.353 e. The van der Waals surface area contributed by atoms with Gasteiger partial charge in [-0.05, 0) is 25.2 Å². The van der Waals surface area contributed by atoms with Gasteiger partial charge in [0.05, 0.1) is 12.4 Å². The summed E-state index contributed by atoms with van der Waals surface area (Å²) in [5.74, 6) is 0.882. The van der Waals surface area contributed by atoms with E-state index in [0.717, 1.165) is 18.9 Å². The first-order valence-electron chi connectivity index (χ1n) is 7.32. The fourth-order valence-corrected chi connectivity index (χ4v) is 3.37. The summed E-state index contributed by atoms with van der Waals surface area (Å²) in [4.78, 5) is 16.1. The van der Waals surface area contributed by atoms with Crippen LogP contribution in [0.3, 0.4) is 0 Å². The molecule has 2 aliphatic rings. The summed E-state index contributed by atoms with van der Waals surface area (Å²) in [5, 5.41) is 6.53. The van der Waals surface area contributed by atoms with Gasteiger partial charge >= 0.3 is 0 Å². The Bertz CT molecular complexity index is 403. The summed E-state index contributed by atoms with van der Waals surface area (Å²) in [6, 6.07) is 0.606. The summed E-state index contributed by atoms with van der Waals surface area (Å²) in [5.41, 5.74) is 0. The van der Waals surface area contributed by atoms with E-state index in [1.807, 2.05) is 10.8 Å². The molecule has 0 radical (unpaired) electrons. The molecule has 2 heterocycles. The third-order valence-electron chi connectivity index (χ3n) is 4.41. The van der Waals surface area contributed by atoms with Gasteiger partial charge in [-0.25, -0.2) is 4.98 Å². The highest BCUT2D eigenvalue weighted by molar-refractivity contribution is 5.82. The van der Waals surface area contributed by atoms with Crippen LogP contribution in [0.1, 0.15) is 32.1 Å².